The number of hydrogen-bond donors (Lipinski definition) is 1. The maximum Gasteiger partial charge on any atom is 0.249 e. The number of rotatable bonds is 3. The minimum atomic E-state index is -0.549. The van der Waals surface area contributed by atoms with Crippen molar-refractivity contribution in [1.82, 2.24) is 4.98 Å². The molecule has 3 aromatic rings. The average molecular weight is 282 g/mol. The lowest BCUT2D eigenvalue weighted by Crippen LogP contribution is -2.12. The molecule has 0 fully saturated rings. The highest BCUT2D eigenvalue weighted by Crippen LogP contribution is 2.28. The Kier molecular flexibility index (Phi) is 3.23. The van der Waals surface area contributed by atoms with E-state index in [1.165, 1.54) is 18.3 Å². The zero-order valence-corrected chi connectivity index (χ0v) is 10.9. The highest BCUT2D eigenvalue weighted by molar-refractivity contribution is 5.98. The molecule has 0 aliphatic heterocycles. The van der Waals surface area contributed by atoms with Gasteiger partial charge in [-0.25, -0.2) is 9.37 Å². The summed E-state index contributed by atoms with van der Waals surface area (Å²) in [6.07, 6.45) is 1.53. The van der Waals surface area contributed by atoms with E-state index in [4.69, 9.17) is 10.2 Å². The Hall–Kier alpha value is -2.95. The molecule has 0 spiro atoms. The summed E-state index contributed by atoms with van der Waals surface area (Å²) in [4.78, 5) is 15.6. The number of nitrogens with two attached hydrogens (primary N) is 1. The van der Waals surface area contributed by atoms with Gasteiger partial charge >= 0.3 is 0 Å². The molecule has 0 unspecified atom stereocenters. The third-order valence-corrected chi connectivity index (χ3v) is 3.06. The molecule has 2 aromatic carbocycles. The van der Waals surface area contributed by atoms with Gasteiger partial charge in [-0.05, 0) is 36.4 Å². The molecule has 4 nitrogen and oxygen atoms in total. The first-order valence-electron chi connectivity index (χ1n) is 6.26. The van der Waals surface area contributed by atoms with Crippen LogP contribution in [0.25, 0.3) is 22.8 Å². The summed E-state index contributed by atoms with van der Waals surface area (Å²) in [5.74, 6) is -0.0855. The zero-order valence-electron chi connectivity index (χ0n) is 10.9. The Bertz CT molecular complexity index is 794. The predicted octanol–water partition coefficient (Wildman–Crippen LogP) is 3.25. The molecule has 21 heavy (non-hydrogen) atoms. The van der Waals surface area contributed by atoms with Crippen LogP contribution < -0.4 is 5.73 Å². The summed E-state index contributed by atoms with van der Waals surface area (Å²) in [5.41, 5.74) is 6.90. The number of halogens is 1. The van der Waals surface area contributed by atoms with Crippen molar-refractivity contribution in [1.29, 1.82) is 0 Å². The largest absolute Gasteiger partial charge is 0.436 e. The summed E-state index contributed by atoms with van der Waals surface area (Å²) in [5, 5.41) is 0. The molecule has 5 heteroatoms. The Labute approximate surface area is 120 Å². The van der Waals surface area contributed by atoms with Gasteiger partial charge in [0.1, 0.15) is 5.82 Å². The van der Waals surface area contributed by atoms with E-state index in [9.17, 15) is 9.18 Å². The fraction of sp³-hybridized carbons (Fsp3) is 0. The van der Waals surface area contributed by atoms with Crippen LogP contribution in [0.4, 0.5) is 4.39 Å². The SMILES string of the molecule is NC(=O)c1ccccc1-c1ncc(-c2ccc(F)cc2)o1. The van der Waals surface area contributed by atoms with Crippen LogP contribution in [0.3, 0.4) is 0 Å². The second-order valence-electron chi connectivity index (χ2n) is 4.45. The minimum Gasteiger partial charge on any atom is -0.436 e. The third kappa shape index (κ3) is 2.53. The molecule has 1 heterocycles. The van der Waals surface area contributed by atoms with Crippen LogP contribution in [0.5, 0.6) is 0 Å². The van der Waals surface area contributed by atoms with Gasteiger partial charge in [-0.1, -0.05) is 12.1 Å². The van der Waals surface area contributed by atoms with E-state index in [2.05, 4.69) is 4.98 Å². The van der Waals surface area contributed by atoms with Gasteiger partial charge in [0.2, 0.25) is 11.8 Å². The molecule has 0 saturated heterocycles. The van der Waals surface area contributed by atoms with Gasteiger partial charge in [0.25, 0.3) is 0 Å². The van der Waals surface area contributed by atoms with Gasteiger partial charge in [-0.3, -0.25) is 4.79 Å². The molecular formula is C16H11FN2O2. The third-order valence-electron chi connectivity index (χ3n) is 3.06. The van der Waals surface area contributed by atoms with Crippen molar-refractivity contribution in [2.45, 2.75) is 0 Å². The Morgan fingerprint density at radius 1 is 1.10 bits per heavy atom. The van der Waals surface area contributed by atoms with Crippen molar-refractivity contribution in [2.75, 3.05) is 0 Å². The fourth-order valence-electron chi connectivity index (χ4n) is 2.03. The van der Waals surface area contributed by atoms with Gasteiger partial charge in [0.15, 0.2) is 5.76 Å². The summed E-state index contributed by atoms with van der Waals surface area (Å²) in [6.45, 7) is 0. The number of hydrogen-bond acceptors (Lipinski definition) is 3. The number of primary amides is 1. The number of carbonyl (C=O) groups excluding carboxylic acids is 1. The molecule has 0 atom stereocenters. The van der Waals surface area contributed by atoms with Crippen molar-refractivity contribution >= 4 is 5.91 Å². The van der Waals surface area contributed by atoms with Crippen molar-refractivity contribution in [3.05, 3.63) is 66.1 Å². The van der Waals surface area contributed by atoms with Crippen LogP contribution in [0.1, 0.15) is 10.4 Å². The summed E-state index contributed by atoms with van der Waals surface area (Å²) < 4.78 is 18.6. The number of nitrogens with zero attached hydrogens (tertiary/aromatic N) is 1. The number of oxazole rings is 1. The highest BCUT2D eigenvalue weighted by Gasteiger charge is 2.14. The molecule has 1 amide bonds. The zero-order chi connectivity index (χ0) is 14.8. The maximum atomic E-state index is 12.9. The molecule has 3 rings (SSSR count). The molecule has 0 bridgehead atoms. The molecule has 0 saturated carbocycles. The van der Waals surface area contributed by atoms with Gasteiger partial charge in [0, 0.05) is 11.1 Å². The van der Waals surface area contributed by atoms with E-state index in [-0.39, 0.29) is 5.82 Å². The van der Waals surface area contributed by atoms with Crippen LogP contribution in [0, 0.1) is 5.82 Å². The molecule has 1 aromatic heterocycles. The van der Waals surface area contributed by atoms with Crippen LogP contribution in [0.2, 0.25) is 0 Å². The first-order valence-corrected chi connectivity index (χ1v) is 6.26. The number of benzene rings is 2. The maximum absolute atomic E-state index is 12.9. The van der Waals surface area contributed by atoms with Crippen molar-refractivity contribution in [3.63, 3.8) is 0 Å². The monoisotopic (exact) mass is 282 g/mol. The van der Waals surface area contributed by atoms with Crippen LogP contribution in [0.15, 0.2) is 59.1 Å². The van der Waals surface area contributed by atoms with Crippen LogP contribution in [-0.4, -0.2) is 10.9 Å². The van der Waals surface area contributed by atoms with Crippen LogP contribution >= 0.6 is 0 Å². The number of carbonyl (C=O) groups is 1. The van der Waals surface area contributed by atoms with E-state index in [0.29, 0.717) is 28.3 Å². The molecule has 104 valence electrons. The molecule has 0 aliphatic carbocycles. The highest BCUT2D eigenvalue weighted by atomic mass is 19.1. The Morgan fingerprint density at radius 2 is 1.81 bits per heavy atom. The first-order chi connectivity index (χ1) is 10.1. The van der Waals surface area contributed by atoms with Gasteiger partial charge < -0.3 is 10.2 Å². The summed E-state index contributed by atoms with van der Waals surface area (Å²) >= 11 is 0. The normalized spacial score (nSPS) is 10.5. The van der Waals surface area contributed by atoms with E-state index in [1.807, 2.05) is 0 Å². The summed E-state index contributed by atoms with van der Waals surface area (Å²) in [7, 11) is 0. The topological polar surface area (TPSA) is 69.1 Å². The number of aromatic nitrogens is 1. The summed E-state index contributed by atoms with van der Waals surface area (Å²) in [6, 6.07) is 12.7. The van der Waals surface area contributed by atoms with E-state index < -0.39 is 5.91 Å². The smallest absolute Gasteiger partial charge is 0.249 e. The standard InChI is InChI=1S/C16H11FN2O2/c17-11-7-5-10(6-8-11)14-9-19-16(21-14)13-4-2-1-3-12(13)15(18)20/h1-9H,(H2,18,20). The predicted molar refractivity (Wildman–Crippen MR) is 75.9 cm³/mol. The van der Waals surface area contributed by atoms with Gasteiger partial charge in [-0.15, -0.1) is 0 Å². The van der Waals surface area contributed by atoms with E-state index in [1.54, 1.807) is 36.4 Å². The molecule has 0 radical (unpaired) electrons. The minimum absolute atomic E-state index is 0.295. The lowest BCUT2D eigenvalue weighted by Gasteiger charge is -2.02. The van der Waals surface area contributed by atoms with Gasteiger partial charge in [-0.2, -0.15) is 0 Å². The van der Waals surface area contributed by atoms with Gasteiger partial charge in [0.05, 0.1) is 11.8 Å². The Morgan fingerprint density at radius 3 is 2.52 bits per heavy atom. The number of amides is 1. The van der Waals surface area contributed by atoms with Crippen molar-refractivity contribution in [3.8, 4) is 22.8 Å². The van der Waals surface area contributed by atoms with Crippen molar-refractivity contribution < 1.29 is 13.6 Å². The van der Waals surface area contributed by atoms with E-state index in [0.717, 1.165) is 0 Å². The quantitative estimate of drug-likeness (QED) is 0.801. The Balaban J connectivity index is 2.03. The lowest BCUT2D eigenvalue weighted by atomic mass is 10.1. The van der Waals surface area contributed by atoms with Crippen molar-refractivity contribution in [2.24, 2.45) is 5.73 Å². The lowest BCUT2D eigenvalue weighted by molar-refractivity contribution is 0.100. The molecule has 2 N–H and O–H groups in total. The molecular weight excluding hydrogens is 271 g/mol. The first kappa shape index (κ1) is 13.1. The second-order valence-corrected chi connectivity index (χ2v) is 4.45. The fourth-order valence-corrected chi connectivity index (χ4v) is 2.03. The van der Waals surface area contributed by atoms with E-state index >= 15 is 0 Å². The van der Waals surface area contributed by atoms with Crippen LogP contribution in [-0.2, 0) is 0 Å². The second kappa shape index (κ2) is 5.20. The average Bonchev–Trinajstić information content (AvgIpc) is 2.97. The molecule has 0 aliphatic rings.